The third kappa shape index (κ3) is 2.18. The number of benzene rings is 2. The first-order chi connectivity index (χ1) is 9.87. The van der Waals surface area contributed by atoms with E-state index in [2.05, 4.69) is 66.5 Å². The van der Waals surface area contributed by atoms with Crippen molar-refractivity contribution in [2.24, 2.45) is 4.99 Å². The topological polar surface area (TPSA) is 12.4 Å². The summed E-state index contributed by atoms with van der Waals surface area (Å²) in [7, 11) is 0. The van der Waals surface area contributed by atoms with Crippen LogP contribution >= 0.6 is 0 Å². The van der Waals surface area contributed by atoms with E-state index in [-0.39, 0.29) is 5.41 Å². The Hall–Kier alpha value is -1.89. The first-order valence-corrected chi connectivity index (χ1v) is 7.52. The largest absolute Gasteiger partial charge is 0.291 e. The number of rotatable bonds is 4. The molecule has 1 aliphatic heterocycles. The Morgan fingerprint density at radius 1 is 1.00 bits per heavy atom. The van der Waals surface area contributed by atoms with Crippen LogP contribution in [0.5, 0.6) is 0 Å². The predicted molar refractivity (Wildman–Crippen MR) is 85.7 cm³/mol. The molecule has 102 valence electrons. The van der Waals surface area contributed by atoms with Crippen molar-refractivity contribution in [1.29, 1.82) is 0 Å². The highest BCUT2D eigenvalue weighted by Crippen LogP contribution is 2.40. The van der Waals surface area contributed by atoms with Gasteiger partial charge in [-0.15, -0.1) is 0 Å². The van der Waals surface area contributed by atoms with E-state index in [1.807, 2.05) is 6.21 Å². The van der Waals surface area contributed by atoms with Crippen LogP contribution in [0.4, 0.5) is 0 Å². The van der Waals surface area contributed by atoms with Crippen LogP contribution < -0.4 is 0 Å². The van der Waals surface area contributed by atoms with Crippen molar-refractivity contribution in [3.05, 3.63) is 71.3 Å². The molecule has 0 radical (unpaired) electrons. The second-order valence-corrected chi connectivity index (χ2v) is 5.61. The van der Waals surface area contributed by atoms with Crippen LogP contribution in [0.15, 0.2) is 59.6 Å². The summed E-state index contributed by atoms with van der Waals surface area (Å²) >= 11 is 0. The maximum absolute atomic E-state index is 4.68. The van der Waals surface area contributed by atoms with Crippen molar-refractivity contribution in [3.8, 4) is 0 Å². The zero-order valence-corrected chi connectivity index (χ0v) is 12.0. The molecule has 0 bridgehead atoms. The minimum absolute atomic E-state index is 0.0581. The summed E-state index contributed by atoms with van der Waals surface area (Å²) in [6, 6.07) is 19.6. The molecule has 1 aliphatic rings. The minimum Gasteiger partial charge on any atom is -0.291 e. The van der Waals surface area contributed by atoms with E-state index in [1.165, 1.54) is 36.0 Å². The predicted octanol–water partition coefficient (Wildman–Crippen LogP) is 4.60. The Bertz CT molecular complexity index is 600. The lowest BCUT2D eigenvalue weighted by molar-refractivity contribution is 0.458. The van der Waals surface area contributed by atoms with Gasteiger partial charge in [-0.25, -0.2) is 0 Å². The van der Waals surface area contributed by atoms with Crippen LogP contribution in [0.1, 0.15) is 42.9 Å². The molecule has 3 rings (SSSR count). The first-order valence-electron chi connectivity index (χ1n) is 7.52. The number of fused-ring (bicyclic) bond motifs is 1. The van der Waals surface area contributed by atoms with E-state index < -0.39 is 0 Å². The molecule has 1 heteroatoms. The molecule has 2 aromatic carbocycles. The zero-order chi connectivity index (χ0) is 13.8. The summed E-state index contributed by atoms with van der Waals surface area (Å²) in [5.74, 6) is 0. The lowest BCUT2D eigenvalue weighted by Gasteiger charge is -2.37. The molecule has 2 aromatic rings. The highest BCUT2D eigenvalue weighted by Gasteiger charge is 2.36. The molecule has 0 aromatic heterocycles. The quantitative estimate of drug-likeness (QED) is 0.764. The Kier molecular flexibility index (Phi) is 3.68. The zero-order valence-electron chi connectivity index (χ0n) is 12.0. The van der Waals surface area contributed by atoms with Crippen LogP contribution in [0.2, 0.25) is 0 Å². The molecular formula is C19H21N. The molecular weight excluding hydrogens is 242 g/mol. The lowest BCUT2D eigenvalue weighted by Crippen LogP contribution is -2.34. The van der Waals surface area contributed by atoms with E-state index in [9.17, 15) is 0 Å². The van der Waals surface area contributed by atoms with Gasteiger partial charge in [-0.05, 0) is 23.1 Å². The number of nitrogens with zero attached hydrogens (tertiary/aromatic N) is 1. The number of hydrogen-bond acceptors (Lipinski definition) is 1. The van der Waals surface area contributed by atoms with E-state index in [0.717, 1.165) is 6.54 Å². The van der Waals surface area contributed by atoms with Gasteiger partial charge in [-0.1, -0.05) is 74.4 Å². The summed E-state index contributed by atoms with van der Waals surface area (Å²) in [5, 5.41) is 0. The Morgan fingerprint density at radius 3 is 2.55 bits per heavy atom. The minimum atomic E-state index is 0.0581. The molecule has 1 atom stereocenters. The van der Waals surface area contributed by atoms with Gasteiger partial charge in [0.25, 0.3) is 0 Å². The van der Waals surface area contributed by atoms with E-state index >= 15 is 0 Å². The molecule has 0 saturated heterocycles. The molecule has 0 N–H and O–H groups in total. The number of unbranched alkanes of at least 4 members (excludes halogenated alkanes) is 1. The summed E-state index contributed by atoms with van der Waals surface area (Å²) in [6.07, 6.45) is 5.66. The molecule has 1 unspecified atom stereocenters. The summed E-state index contributed by atoms with van der Waals surface area (Å²) in [4.78, 5) is 4.68. The maximum atomic E-state index is 4.68. The van der Waals surface area contributed by atoms with Gasteiger partial charge in [0, 0.05) is 11.6 Å². The van der Waals surface area contributed by atoms with Gasteiger partial charge in [0.15, 0.2) is 0 Å². The van der Waals surface area contributed by atoms with Gasteiger partial charge < -0.3 is 0 Å². The van der Waals surface area contributed by atoms with E-state index in [4.69, 9.17) is 0 Å². The highest BCUT2D eigenvalue weighted by molar-refractivity contribution is 5.84. The van der Waals surface area contributed by atoms with E-state index in [0.29, 0.717) is 0 Å². The van der Waals surface area contributed by atoms with Crippen molar-refractivity contribution in [1.82, 2.24) is 0 Å². The summed E-state index contributed by atoms with van der Waals surface area (Å²) in [6.45, 7) is 3.13. The first kappa shape index (κ1) is 13.1. The standard InChI is InChI=1S/C19H21N/c1-2-3-13-19(17-10-5-4-6-11-17)15-20-14-16-9-7-8-12-18(16)19/h4-12,14H,2-3,13,15H2,1H3. The fourth-order valence-electron chi connectivity index (χ4n) is 3.27. The van der Waals surface area contributed by atoms with Gasteiger partial charge in [-0.3, -0.25) is 4.99 Å². The van der Waals surface area contributed by atoms with Crippen LogP contribution in [-0.4, -0.2) is 12.8 Å². The molecule has 0 aliphatic carbocycles. The lowest BCUT2D eigenvalue weighted by atomic mass is 9.68. The summed E-state index contributed by atoms with van der Waals surface area (Å²) < 4.78 is 0. The van der Waals surface area contributed by atoms with Gasteiger partial charge in [0.1, 0.15) is 0 Å². The Labute approximate surface area is 121 Å². The highest BCUT2D eigenvalue weighted by atomic mass is 14.8. The smallest absolute Gasteiger partial charge is 0.0527 e. The molecule has 0 fully saturated rings. The van der Waals surface area contributed by atoms with Crippen molar-refractivity contribution in [2.45, 2.75) is 31.6 Å². The van der Waals surface area contributed by atoms with Crippen molar-refractivity contribution >= 4 is 6.21 Å². The Morgan fingerprint density at radius 2 is 1.75 bits per heavy atom. The molecule has 0 saturated carbocycles. The van der Waals surface area contributed by atoms with Gasteiger partial charge in [-0.2, -0.15) is 0 Å². The third-order valence-electron chi connectivity index (χ3n) is 4.35. The molecule has 1 heterocycles. The average molecular weight is 263 g/mol. The van der Waals surface area contributed by atoms with Gasteiger partial charge >= 0.3 is 0 Å². The number of aliphatic imine (C=N–C) groups is 1. The van der Waals surface area contributed by atoms with Crippen LogP contribution in [-0.2, 0) is 5.41 Å². The van der Waals surface area contributed by atoms with Crippen LogP contribution in [0.25, 0.3) is 0 Å². The van der Waals surface area contributed by atoms with Gasteiger partial charge in [0.05, 0.1) is 6.54 Å². The average Bonchev–Trinajstić information content (AvgIpc) is 2.54. The number of hydrogen-bond donors (Lipinski definition) is 0. The molecule has 1 nitrogen and oxygen atoms in total. The second-order valence-electron chi connectivity index (χ2n) is 5.61. The maximum Gasteiger partial charge on any atom is 0.0527 e. The fourth-order valence-corrected chi connectivity index (χ4v) is 3.27. The monoisotopic (exact) mass is 263 g/mol. The van der Waals surface area contributed by atoms with Crippen LogP contribution in [0, 0.1) is 0 Å². The van der Waals surface area contributed by atoms with Crippen molar-refractivity contribution in [2.75, 3.05) is 6.54 Å². The Balaban J connectivity index is 2.15. The second kappa shape index (κ2) is 5.62. The van der Waals surface area contributed by atoms with Gasteiger partial charge in [0.2, 0.25) is 0 Å². The molecule has 20 heavy (non-hydrogen) atoms. The van der Waals surface area contributed by atoms with Crippen molar-refractivity contribution in [3.63, 3.8) is 0 Å². The third-order valence-corrected chi connectivity index (χ3v) is 4.35. The fraction of sp³-hybridized carbons (Fsp3) is 0.316. The van der Waals surface area contributed by atoms with Crippen LogP contribution in [0.3, 0.4) is 0 Å². The molecule has 0 spiro atoms. The van der Waals surface area contributed by atoms with E-state index in [1.54, 1.807) is 0 Å². The van der Waals surface area contributed by atoms with Crippen molar-refractivity contribution < 1.29 is 0 Å². The summed E-state index contributed by atoms with van der Waals surface area (Å²) in [5.41, 5.74) is 4.17. The molecule has 0 amide bonds. The SMILES string of the molecule is CCCCC1(c2ccccc2)CN=Cc2ccccc21. The normalized spacial score (nSPS) is 20.6.